The second kappa shape index (κ2) is 6.63. The molecule has 2 aromatic carbocycles. The van der Waals surface area contributed by atoms with Gasteiger partial charge in [0.15, 0.2) is 0 Å². The molecule has 5 heteroatoms. The minimum Gasteiger partial charge on any atom is -0.479 e. The number of hydrogen-bond acceptors (Lipinski definition) is 2. The Morgan fingerprint density at radius 3 is 1.92 bits per heavy atom. The monoisotopic (exact) mass is 372 g/mol. The van der Waals surface area contributed by atoms with Gasteiger partial charge in [-0.25, -0.2) is 9.18 Å². The third kappa shape index (κ3) is 3.10. The number of benzene rings is 2. The zero-order chi connectivity index (χ0) is 19.0. The summed E-state index contributed by atoms with van der Waals surface area (Å²) in [6.45, 7) is 6.56. The normalized spacial score (nSPS) is 22.8. The molecule has 3 rings (SSSR count). The molecule has 1 fully saturated rings. The van der Waals surface area contributed by atoms with Gasteiger partial charge >= 0.3 is 5.97 Å². The average Bonchev–Trinajstić information content (AvgIpc) is 3.28. The summed E-state index contributed by atoms with van der Waals surface area (Å²) < 4.78 is 20.9. The topological polar surface area (TPSA) is 46.5 Å². The van der Waals surface area contributed by atoms with Crippen LogP contribution in [0.3, 0.4) is 0 Å². The van der Waals surface area contributed by atoms with Gasteiger partial charge in [-0.05, 0) is 15.4 Å². The molecule has 1 aliphatic rings. The fourth-order valence-electron chi connectivity index (χ4n) is 3.74. The van der Waals surface area contributed by atoms with Crippen LogP contribution in [0.5, 0.6) is 0 Å². The number of hydrogen-bond donors (Lipinski definition) is 1. The van der Waals surface area contributed by atoms with Gasteiger partial charge in [0.2, 0.25) is 5.67 Å². The second-order valence-corrected chi connectivity index (χ2v) is 12.3. The van der Waals surface area contributed by atoms with Gasteiger partial charge in [-0.2, -0.15) is 0 Å². The third-order valence-electron chi connectivity index (χ3n) is 5.30. The minimum atomic E-state index is -2.73. The molecule has 0 amide bonds. The highest BCUT2D eigenvalue weighted by atomic mass is 28.4. The number of rotatable bonds is 6. The fraction of sp³-hybridized carbons (Fsp3) is 0.381. The molecular weight excluding hydrogens is 347 g/mol. The van der Waals surface area contributed by atoms with E-state index in [1.54, 1.807) is 0 Å². The number of carbonyl (C=O) groups is 1. The Kier molecular flexibility index (Phi) is 4.79. The van der Waals surface area contributed by atoms with Gasteiger partial charge in [-0.1, -0.05) is 81.4 Å². The summed E-state index contributed by atoms with van der Waals surface area (Å²) in [7, 11) is -2.73. The van der Waals surface area contributed by atoms with Crippen molar-refractivity contribution in [2.24, 2.45) is 5.92 Å². The first-order chi connectivity index (χ1) is 12.2. The van der Waals surface area contributed by atoms with E-state index in [0.29, 0.717) is 0 Å². The number of aliphatic carboxylic acids is 1. The highest BCUT2D eigenvalue weighted by Gasteiger charge is 2.63. The molecule has 0 heterocycles. The number of alkyl halides is 1. The molecule has 138 valence electrons. The summed E-state index contributed by atoms with van der Waals surface area (Å²) in [6, 6.07) is 20.2. The van der Waals surface area contributed by atoms with E-state index in [1.165, 1.54) is 0 Å². The lowest BCUT2D eigenvalue weighted by Crippen LogP contribution is -2.66. The van der Waals surface area contributed by atoms with Gasteiger partial charge in [0.25, 0.3) is 8.32 Å². The van der Waals surface area contributed by atoms with Crippen LogP contribution in [0, 0.1) is 5.92 Å². The molecule has 0 bridgehead atoms. The van der Waals surface area contributed by atoms with Crippen molar-refractivity contribution < 1.29 is 18.7 Å². The summed E-state index contributed by atoms with van der Waals surface area (Å²) in [5, 5.41) is 11.1. The Morgan fingerprint density at radius 2 is 1.58 bits per heavy atom. The van der Waals surface area contributed by atoms with Crippen molar-refractivity contribution in [2.45, 2.75) is 37.9 Å². The molecule has 2 atom stereocenters. The molecule has 2 aromatic rings. The largest absolute Gasteiger partial charge is 0.479 e. The van der Waals surface area contributed by atoms with Crippen molar-refractivity contribution in [3.05, 3.63) is 60.7 Å². The first-order valence-corrected chi connectivity index (χ1v) is 10.8. The second-order valence-electron chi connectivity index (χ2n) is 8.04. The predicted molar refractivity (Wildman–Crippen MR) is 103 cm³/mol. The van der Waals surface area contributed by atoms with Crippen LogP contribution < -0.4 is 10.4 Å². The van der Waals surface area contributed by atoms with Crippen molar-refractivity contribution in [3.8, 4) is 0 Å². The molecule has 0 spiro atoms. The lowest BCUT2D eigenvalue weighted by Gasteiger charge is -2.43. The van der Waals surface area contributed by atoms with Crippen LogP contribution in [0.1, 0.15) is 27.2 Å². The number of carboxylic acids is 1. The molecule has 1 aliphatic carbocycles. The van der Waals surface area contributed by atoms with Crippen molar-refractivity contribution in [2.75, 3.05) is 6.61 Å². The smallest absolute Gasteiger partial charge is 0.341 e. The molecule has 1 saturated carbocycles. The van der Waals surface area contributed by atoms with Crippen LogP contribution in [0.2, 0.25) is 5.04 Å². The maximum Gasteiger partial charge on any atom is 0.341 e. The Morgan fingerprint density at radius 1 is 1.12 bits per heavy atom. The highest BCUT2D eigenvalue weighted by Crippen LogP contribution is 2.49. The van der Waals surface area contributed by atoms with E-state index in [2.05, 4.69) is 45.0 Å². The average molecular weight is 373 g/mol. The van der Waals surface area contributed by atoms with E-state index < -0.39 is 25.9 Å². The molecule has 3 nitrogen and oxygen atoms in total. The van der Waals surface area contributed by atoms with E-state index in [0.717, 1.165) is 10.4 Å². The van der Waals surface area contributed by atoms with Gasteiger partial charge in [0.05, 0.1) is 0 Å². The highest BCUT2D eigenvalue weighted by molar-refractivity contribution is 6.99. The lowest BCUT2D eigenvalue weighted by atomic mass is 10.2. The maximum atomic E-state index is 14.3. The zero-order valence-corrected chi connectivity index (χ0v) is 16.4. The minimum absolute atomic E-state index is 0.0283. The van der Waals surface area contributed by atoms with Crippen LogP contribution in [0.4, 0.5) is 4.39 Å². The lowest BCUT2D eigenvalue weighted by molar-refractivity contribution is -0.145. The summed E-state index contributed by atoms with van der Waals surface area (Å²) in [4.78, 5) is 11.1. The van der Waals surface area contributed by atoms with Crippen molar-refractivity contribution >= 4 is 24.7 Å². The standard InChI is InChI=1S/C21H25FO3Si/c1-20(2,3)26(17-10-6-4-7-11-17,18-12-8-5-9-13-18)25-15-16-14-21(16,22)19(23)24/h4-13,16H,14-15H2,1-3H3,(H,23,24). The predicted octanol–water partition coefficient (Wildman–Crippen LogP) is 3.38. The third-order valence-corrected chi connectivity index (χ3v) is 10.3. The maximum absolute atomic E-state index is 14.3. The van der Waals surface area contributed by atoms with Gasteiger partial charge in [0, 0.05) is 18.9 Å². The molecule has 1 N–H and O–H groups in total. The zero-order valence-electron chi connectivity index (χ0n) is 15.4. The Hall–Kier alpha value is -1.98. The van der Waals surface area contributed by atoms with Crippen LogP contribution in [-0.4, -0.2) is 31.7 Å². The SMILES string of the molecule is CC(C)(C)[Si](OCC1CC1(F)C(=O)O)(c1ccccc1)c1ccccc1. The first kappa shape index (κ1) is 18.8. The Labute approximate surface area is 155 Å². The Balaban J connectivity index is 2.03. The molecule has 26 heavy (non-hydrogen) atoms. The van der Waals surface area contributed by atoms with Crippen LogP contribution in [-0.2, 0) is 9.22 Å². The van der Waals surface area contributed by atoms with Gasteiger partial charge in [-0.15, -0.1) is 0 Å². The van der Waals surface area contributed by atoms with Crippen LogP contribution >= 0.6 is 0 Å². The van der Waals surface area contributed by atoms with E-state index in [1.807, 2.05) is 36.4 Å². The molecule has 0 radical (unpaired) electrons. The van der Waals surface area contributed by atoms with Crippen LogP contribution in [0.25, 0.3) is 0 Å². The quantitative estimate of drug-likeness (QED) is 0.791. The summed E-state index contributed by atoms with van der Waals surface area (Å²) in [5.41, 5.74) is -2.13. The van der Waals surface area contributed by atoms with Gasteiger partial charge in [0.1, 0.15) is 0 Å². The van der Waals surface area contributed by atoms with Crippen LogP contribution in [0.15, 0.2) is 60.7 Å². The van der Waals surface area contributed by atoms with Gasteiger partial charge in [-0.3, -0.25) is 0 Å². The first-order valence-electron chi connectivity index (χ1n) is 8.89. The molecule has 0 saturated heterocycles. The van der Waals surface area contributed by atoms with E-state index in [9.17, 15) is 9.18 Å². The Bertz CT molecular complexity index is 733. The summed E-state index contributed by atoms with van der Waals surface area (Å²) >= 11 is 0. The molecular formula is C21H25FO3Si. The van der Waals surface area contributed by atoms with Crippen molar-refractivity contribution in [1.29, 1.82) is 0 Å². The number of carboxylic acid groups (broad SMARTS) is 1. The molecule has 0 aliphatic heterocycles. The molecule has 0 aromatic heterocycles. The summed E-state index contributed by atoms with van der Waals surface area (Å²) in [5.74, 6) is -1.96. The fourth-order valence-corrected chi connectivity index (χ4v) is 8.35. The van der Waals surface area contributed by atoms with Gasteiger partial charge < -0.3 is 9.53 Å². The number of halogens is 1. The van der Waals surface area contributed by atoms with E-state index >= 15 is 0 Å². The van der Waals surface area contributed by atoms with E-state index in [4.69, 9.17) is 9.53 Å². The van der Waals surface area contributed by atoms with E-state index in [-0.39, 0.29) is 18.1 Å². The summed E-state index contributed by atoms with van der Waals surface area (Å²) in [6.07, 6.45) is 0.0283. The van der Waals surface area contributed by atoms with Crippen molar-refractivity contribution in [1.82, 2.24) is 0 Å². The van der Waals surface area contributed by atoms with Crippen molar-refractivity contribution in [3.63, 3.8) is 0 Å². The molecule has 2 unspecified atom stereocenters.